The molecule has 0 saturated carbocycles. The van der Waals surface area contributed by atoms with E-state index in [1.165, 1.54) is 4.90 Å². The van der Waals surface area contributed by atoms with Gasteiger partial charge in [-0.15, -0.1) is 0 Å². The number of benzene rings is 2. The highest BCUT2D eigenvalue weighted by Gasteiger charge is 2.30. The molecule has 0 unspecified atom stereocenters. The van der Waals surface area contributed by atoms with E-state index >= 15 is 0 Å². The molecule has 30 heavy (non-hydrogen) atoms. The predicted molar refractivity (Wildman–Crippen MR) is 118 cm³/mol. The average Bonchev–Trinajstić information content (AvgIpc) is 2.78. The van der Waals surface area contributed by atoms with Gasteiger partial charge in [0.25, 0.3) is 11.8 Å². The third-order valence-electron chi connectivity index (χ3n) is 5.53. The molecule has 1 fully saturated rings. The van der Waals surface area contributed by atoms with Gasteiger partial charge < -0.3 is 19.9 Å². The number of quaternary nitrogens is 1. The molecule has 2 N–H and O–H groups in total. The van der Waals surface area contributed by atoms with Crippen molar-refractivity contribution in [2.24, 2.45) is 0 Å². The number of carbonyl (C=O) groups is 2. The van der Waals surface area contributed by atoms with Gasteiger partial charge in [-0.1, -0.05) is 50.2 Å². The van der Waals surface area contributed by atoms with Gasteiger partial charge in [0.2, 0.25) is 0 Å². The Kier molecular flexibility index (Phi) is 7.85. The minimum Gasteiger partial charge on any atom is -0.481 e. The van der Waals surface area contributed by atoms with Crippen LogP contribution in [-0.4, -0.2) is 55.5 Å². The SMILES string of the molecule is CCc1ccccc1NC(=O)C[NH+]1CCN(C(=O)[C@H](CC)Oc2ccccc2)CC1. The number of amides is 2. The van der Waals surface area contributed by atoms with Crippen molar-refractivity contribution in [1.29, 1.82) is 0 Å². The van der Waals surface area contributed by atoms with Crippen LogP contribution in [0, 0.1) is 0 Å². The van der Waals surface area contributed by atoms with Crippen LogP contribution < -0.4 is 15.0 Å². The summed E-state index contributed by atoms with van der Waals surface area (Å²) in [6, 6.07) is 17.4. The first-order valence-electron chi connectivity index (χ1n) is 10.8. The Morgan fingerprint density at radius 2 is 1.70 bits per heavy atom. The second kappa shape index (κ2) is 10.8. The van der Waals surface area contributed by atoms with Gasteiger partial charge in [0, 0.05) is 5.69 Å². The van der Waals surface area contributed by atoms with E-state index in [9.17, 15) is 9.59 Å². The number of carbonyl (C=O) groups excluding carboxylic acids is 2. The molecule has 1 heterocycles. The van der Waals surface area contributed by atoms with Crippen LogP contribution in [0.25, 0.3) is 0 Å². The summed E-state index contributed by atoms with van der Waals surface area (Å²) in [5.41, 5.74) is 2.03. The zero-order valence-corrected chi connectivity index (χ0v) is 17.9. The van der Waals surface area contributed by atoms with E-state index in [0.29, 0.717) is 31.8 Å². The van der Waals surface area contributed by atoms with Crippen LogP contribution in [0.5, 0.6) is 5.75 Å². The predicted octanol–water partition coefficient (Wildman–Crippen LogP) is 1.77. The lowest BCUT2D eigenvalue weighted by Crippen LogP contribution is -3.15. The molecule has 1 saturated heterocycles. The number of nitrogens with one attached hydrogen (secondary N) is 2. The van der Waals surface area contributed by atoms with Crippen molar-refractivity contribution in [3.63, 3.8) is 0 Å². The fourth-order valence-corrected chi connectivity index (χ4v) is 3.77. The first kappa shape index (κ1) is 21.8. The molecule has 6 heteroatoms. The number of rotatable bonds is 8. The van der Waals surface area contributed by atoms with Crippen LogP contribution in [-0.2, 0) is 16.0 Å². The molecular weight excluding hydrogens is 378 g/mol. The van der Waals surface area contributed by atoms with E-state index in [0.717, 1.165) is 30.8 Å². The minimum absolute atomic E-state index is 0.0181. The van der Waals surface area contributed by atoms with Gasteiger partial charge in [-0.25, -0.2) is 0 Å². The number of nitrogens with zero attached hydrogens (tertiary/aromatic N) is 1. The highest BCUT2D eigenvalue weighted by atomic mass is 16.5. The smallest absolute Gasteiger partial charge is 0.279 e. The van der Waals surface area contributed by atoms with Gasteiger partial charge in [-0.2, -0.15) is 0 Å². The van der Waals surface area contributed by atoms with Gasteiger partial charge in [-0.3, -0.25) is 9.59 Å². The Morgan fingerprint density at radius 1 is 1.03 bits per heavy atom. The standard InChI is InChI=1S/C24H31N3O3/c1-3-19-10-8-9-13-21(19)25-23(28)18-26-14-16-27(17-15-26)24(29)22(4-2)30-20-11-6-5-7-12-20/h5-13,22H,3-4,14-18H2,1-2H3,(H,25,28)/p+1/t22-/m0/s1. The molecule has 3 rings (SSSR count). The summed E-state index contributed by atoms with van der Waals surface area (Å²) in [4.78, 5) is 28.4. The Hall–Kier alpha value is -2.86. The van der Waals surface area contributed by atoms with Gasteiger partial charge in [0.05, 0.1) is 26.2 Å². The first-order chi connectivity index (χ1) is 14.6. The summed E-state index contributed by atoms with van der Waals surface area (Å²) in [5.74, 6) is 0.761. The quantitative estimate of drug-likeness (QED) is 0.697. The van der Waals surface area contributed by atoms with Crippen molar-refractivity contribution in [2.45, 2.75) is 32.8 Å². The van der Waals surface area contributed by atoms with Crippen molar-refractivity contribution in [1.82, 2.24) is 4.90 Å². The van der Waals surface area contributed by atoms with Gasteiger partial charge in [-0.05, 0) is 36.6 Å². The van der Waals surface area contributed by atoms with E-state index in [-0.39, 0.29) is 11.8 Å². The van der Waals surface area contributed by atoms with Crippen molar-refractivity contribution in [3.05, 3.63) is 60.2 Å². The Labute approximate surface area is 178 Å². The zero-order chi connectivity index (χ0) is 21.3. The van der Waals surface area contributed by atoms with Crippen molar-refractivity contribution >= 4 is 17.5 Å². The molecule has 2 aromatic carbocycles. The summed E-state index contributed by atoms with van der Waals surface area (Å²) in [6.45, 7) is 7.26. The Balaban J connectivity index is 1.47. The second-order valence-electron chi connectivity index (χ2n) is 7.64. The molecule has 160 valence electrons. The van der Waals surface area contributed by atoms with Crippen LogP contribution in [0.2, 0.25) is 0 Å². The fraction of sp³-hybridized carbons (Fsp3) is 0.417. The number of piperazine rings is 1. The molecule has 1 aliphatic rings. The summed E-state index contributed by atoms with van der Waals surface area (Å²) in [6.07, 6.45) is 1.04. The highest BCUT2D eigenvalue weighted by Crippen LogP contribution is 2.15. The summed E-state index contributed by atoms with van der Waals surface area (Å²) in [7, 11) is 0. The average molecular weight is 411 g/mol. The Bertz CT molecular complexity index is 833. The molecule has 1 aliphatic heterocycles. The number of hydrogen-bond donors (Lipinski definition) is 2. The number of anilines is 1. The normalized spacial score (nSPS) is 15.5. The van der Waals surface area contributed by atoms with Gasteiger partial charge in [0.15, 0.2) is 12.6 Å². The largest absolute Gasteiger partial charge is 0.481 e. The molecule has 1 atom stereocenters. The van der Waals surface area contributed by atoms with Gasteiger partial charge >= 0.3 is 0 Å². The van der Waals surface area contributed by atoms with Crippen LogP contribution in [0.1, 0.15) is 25.8 Å². The number of para-hydroxylation sites is 2. The van der Waals surface area contributed by atoms with Crippen molar-refractivity contribution in [3.8, 4) is 5.75 Å². The lowest BCUT2D eigenvalue weighted by atomic mass is 10.1. The molecule has 0 aliphatic carbocycles. The van der Waals surface area contributed by atoms with Crippen LogP contribution >= 0.6 is 0 Å². The maximum absolute atomic E-state index is 12.9. The number of ether oxygens (including phenoxy) is 1. The van der Waals surface area contributed by atoms with Crippen molar-refractivity contribution in [2.75, 3.05) is 38.0 Å². The highest BCUT2D eigenvalue weighted by molar-refractivity contribution is 5.92. The molecule has 0 aromatic heterocycles. The van der Waals surface area contributed by atoms with E-state index in [1.807, 2.05) is 66.4 Å². The fourth-order valence-electron chi connectivity index (χ4n) is 3.77. The molecule has 6 nitrogen and oxygen atoms in total. The van der Waals surface area contributed by atoms with E-state index in [2.05, 4.69) is 12.2 Å². The zero-order valence-electron chi connectivity index (χ0n) is 17.9. The summed E-state index contributed by atoms with van der Waals surface area (Å²) < 4.78 is 5.90. The van der Waals surface area contributed by atoms with E-state index in [4.69, 9.17) is 4.74 Å². The third kappa shape index (κ3) is 5.83. The second-order valence-corrected chi connectivity index (χ2v) is 7.64. The Morgan fingerprint density at radius 3 is 2.37 bits per heavy atom. The molecule has 0 bridgehead atoms. The molecule has 2 aromatic rings. The lowest BCUT2D eigenvalue weighted by Gasteiger charge is -2.33. The molecule has 2 amide bonds. The first-order valence-corrected chi connectivity index (χ1v) is 10.8. The van der Waals surface area contributed by atoms with Crippen LogP contribution in [0.4, 0.5) is 5.69 Å². The van der Waals surface area contributed by atoms with Crippen molar-refractivity contribution < 1.29 is 19.2 Å². The topological polar surface area (TPSA) is 63.1 Å². The minimum atomic E-state index is -0.470. The summed E-state index contributed by atoms with van der Waals surface area (Å²) >= 11 is 0. The third-order valence-corrected chi connectivity index (χ3v) is 5.53. The molecule has 0 radical (unpaired) electrons. The van der Waals surface area contributed by atoms with Crippen LogP contribution in [0.15, 0.2) is 54.6 Å². The maximum Gasteiger partial charge on any atom is 0.279 e. The molecular formula is C24H32N3O3+. The monoisotopic (exact) mass is 410 g/mol. The number of hydrogen-bond acceptors (Lipinski definition) is 3. The van der Waals surface area contributed by atoms with Gasteiger partial charge in [0.1, 0.15) is 5.75 Å². The van der Waals surface area contributed by atoms with E-state index < -0.39 is 6.10 Å². The van der Waals surface area contributed by atoms with Crippen LogP contribution in [0.3, 0.4) is 0 Å². The lowest BCUT2D eigenvalue weighted by molar-refractivity contribution is -0.895. The maximum atomic E-state index is 12.9. The number of aryl methyl sites for hydroxylation is 1. The van der Waals surface area contributed by atoms with E-state index in [1.54, 1.807) is 0 Å². The summed E-state index contributed by atoms with van der Waals surface area (Å²) in [5, 5.41) is 3.04. The molecule has 0 spiro atoms.